The monoisotopic (exact) mass is 358 g/mol. The number of thioether (sulfide) groups is 1. The number of hydrogen-bond donors (Lipinski definition) is 2. The highest BCUT2D eigenvalue weighted by Gasteiger charge is 2.10. The van der Waals surface area contributed by atoms with Crippen LogP contribution in [0.5, 0.6) is 5.75 Å². The van der Waals surface area contributed by atoms with Crippen LogP contribution in [0.2, 0.25) is 0 Å². The molecule has 6 heteroatoms. The van der Waals surface area contributed by atoms with Gasteiger partial charge in [0.15, 0.2) is 0 Å². The summed E-state index contributed by atoms with van der Waals surface area (Å²) in [6, 6.07) is 12.8. The lowest BCUT2D eigenvalue weighted by Crippen LogP contribution is -2.19. The van der Waals surface area contributed by atoms with Crippen LogP contribution in [-0.4, -0.2) is 29.9 Å². The molecule has 132 valence electrons. The number of primary amides is 1. The number of anilines is 1. The molecule has 2 rings (SSSR count). The molecule has 0 fully saturated rings. The van der Waals surface area contributed by atoms with Gasteiger partial charge in [0.1, 0.15) is 5.75 Å². The minimum absolute atomic E-state index is 0.176. The molecule has 0 aliphatic rings. The summed E-state index contributed by atoms with van der Waals surface area (Å²) in [6.45, 7) is 4.59. The summed E-state index contributed by atoms with van der Waals surface area (Å²) in [5, 5.41) is 2.71. The number of benzene rings is 2. The van der Waals surface area contributed by atoms with Crippen LogP contribution < -0.4 is 15.8 Å². The smallest absolute Gasteiger partial charge is 0.250 e. The number of rotatable bonds is 8. The van der Waals surface area contributed by atoms with Crippen molar-refractivity contribution in [2.45, 2.75) is 13.8 Å². The number of carbonyl (C=O) groups is 2. The predicted molar refractivity (Wildman–Crippen MR) is 102 cm³/mol. The van der Waals surface area contributed by atoms with Crippen molar-refractivity contribution in [2.24, 2.45) is 5.73 Å². The SMILES string of the molecule is Cc1cc(C)cc(OCCSCC(=O)Nc2ccccc2C(N)=O)c1. The molecule has 2 aromatic rings. The second-order valence-corrected chi connectivity index (χ2v) is 6.79. The Morgan fingerprint density at radius 3 is 2.48 bits per heavy atom. The van der Waals surface area contributed by atoms with Gasteiger partial charge in [-0.1, -0.05) is 18.2 Å². The van der Waals surface area contributed by atoms with Crippen molar-refractivity contribution in [1.82, 2.24) is 0 Å². The van der Waals surface area contributed by atoms with E-state index in [1.54, 1.807) is 24.3 Å². The molecule has 0 unspecified atom stereocenters. The van der Waals surface area contributed by atoms with Gasteiger partial charge in [-0.3, -0.25) is 9.59 Å². The van der Waals surface area contributed by atoms with E-state index in [-0.39, 0.29) is 11.7 Å². The predicted octanol–water partition coefficient (Wildman–Crippen LogP) is 3.15. The third-order valence-corrected chi connectivity index (χ3v) is 4.31. The summed E-state index contributed by atoms with van der Waals surface area (Å²) >= 11 is 1.47. The van der Waals surface area contributed by atoms with Gasteiger partial charge in [0.05, 0.1) is 23.6 Å². The number of hydrogen-bond acceptors (Lipinski definition) is 4. The van der Waals surface area contributed by atoms with Crippen LogP contribution in [0.3, 0.4) is 0 Å². The summed E-state index contributed by atoms with van der Waals surface area (Å²) in [7, 11) is 0. The fraction of sp³-hybridized carbons (Fsp3) is 0.263. The molecule has 0 atom stereocenters. The first-order chi connectivity index (χ1) is 12.0. The molecular weight excluding hydrogens is 336 g/mol. The molecule has 0 bridgehead atoms. The molecule has 0 spiro atoms. The molecule has 25 heavy (non-hydrogen) atoms. The number of ether oxygens (including phenoxy) is 1. The zero-order chi connectivity index (χ0) is 18.2. The zero-order valence-corrected chi connectivity index (χ0v) is 15.2. The van der Waals surface area contributed by atoms with Gasteiger partial charge in [-0.15, -0.1) is 11.8 Å². The summed E-state index contributed by atoms with van der Waals surface area (Å²) in [5.74, 6) is 1.08. The third-order valence-electron chi connectivity index (χ3n) is 3.39. The van der Waals surface area contributed by atoms with Crippen molar-refractivity contribution in [3.05, 3.63) is 59.2 Å². The molecule has 2 amide bonds. The topological polar surface area (TPSA) is 81.4 Å². The molecule has 0 heterocycles. The quantitative estimate of drug-likeness (QED) is 0.710. The van der Waals surface area contributed by atoms with Crippen molar-refractivity contribution >= 4 is 29.3 Å². The van der Waals surface area contributed by atoms with E-state index < -0.39 is 5.91 Å². The second kappa shape index (κ2) is 9.13. The maximum Gasteiger partial charge on any atom is 0.250 e. The van der Waals surface area contributed by atoms with Crippen LogP contribution in [0.4, 0.5) is 5.69 Å². The molecule has 0 radical (unpaired) electrons. The van der Waals surface area contributed by atoms with E-state index in [9.17, 15) is 9.59 Å². The Morgan fingerprint density at radius 1 is 1.12 bits per heavy atom. The highest BCUT2D eigenvalue weighted by molar-refractivity contribution is 7.99. The maximum absolute atomic E-state index is 12.0. The highest BCUT2D eigenvalue weighted by Crippen LogP contribution is 2.17. The summed E-state index contributed by atoms with van der Waals surface area (Å²) in [4.78, 5) is 23.3. The maximum atomic E-state index is 12.0. The van der Waals surface area contributed by atoms with E-state index in [0.717, 1.165) is 16.9 Å². The fourth-order valence-electron chi connectivity index (χ4n) is 2.39. The lowest BCUT2D eigenvalue weighted by Gasteiger charge is -2.09. The van der Waals surface area contributed by atoms with Gasteiger partial charge in [-0.25, -0.2) is 0 Å². The summed E-state index contributed by atoms with van der Waals surface area (Å²) in [6.07, 6.45) is 0. The van der Waals surface area contributed by atoms with E-state index in [1.807, 2.05) is 26.0 Å². The standard InChI is InChI=1S/C19H22N2O3S/c1-13-9-14(2)11-15(10-13)24-7-8-25-12-18(22)21-17-6-4-3-5-16(17)19(20)23/h3-6,9-11H,7-8,12H2,1-2H3,(H2,20,23)(H,21,22). The van der Waals surface area contributed by atoms with E-state index in [2.05, 4.69) is 11.4 Å². The van der Waals surface area contributed by atoms with Crippen molar-refractivity contribution in [1.29, 1.82) is 0 Å². The van der Waals surface area contributed by atoms with Crippen LogP contribution in [0.1, 0.15) is 21.5 Å². The van der Waals surface area contributed by atoms with Gasteiger partial charge < -0.3 is 15.8 Å². The van der Waals surface area contributed by atoms with Crippen molar-refractivity contribution in [3.8, 4) is 5.75 Å². The molecule has 0 aromatic heterocycles. The lowest BCUT2D eigenvalue weighted by molar-refractivity contribution is -0.113. The molecule has 5 nitrogen and oxygen atoms in total. The van der Waals surface area contributed by atoms with Crippen molar-refractivity contribution < 1.29 is 14.3 Å². The molecule has 0 saturated carbocycles. The van der Waals surface area contributed by atoms with Crippen LogP contribution in [0, 0.1) is 13.8 Å². The molecule has 2 aromatic carbocycles. The molecule has 0 aliphatic carbocycles. The van der Waals surface area contributed by atoms with Gasteiger partial charge in [-0.2, -0.15) is 0 Å². The van der Waals surface area contributed by atoms with Gasteiger partial charge in [0.2, 0.25) is 5.91 Å². The molecule has 3 N–H and O–H groups in total. The first-order valence-electron chi connectivity index (χ1n) is 7.93. The van der Waals surface area contributed by atoms with Gasteiger partial charge in [0, 0.05) is 5.75 Å². The Kier molecular flexibility index (Phi) is 6.89. The molecule has 0 saturated heterocycles. The zero-order valence-electron chi connectivity index (χ0n) is 14.4. The number of carbonyl (C=O) groups excluding carboxylic acids is 2. The fourth-order valence-corrected chi connectivity index (χ4v) is 3.00. The number of nitrogens with one attached hydrogen (secondary N) is 1. The Bertz CT molecular complexity index is 742. The van der Waals surface area contributed by atoms with Crippen LogP contribution in [-0.2, 0) is 4.79 Å². The normalized spacial score (nSPS) is 10.3. The van der Waals surface area contributed by atoms with E-state index >= 15 is 0 Å². The first kappa shape index (κ1) is 18.9. The minimum Gasteiger partial charge on any atom is -0.493 e. The van der Waals surface area contributed by atoms with Crippen LogP contribution in [0.25, 0.3) is 0 Å². The largest absolute Gasteiger partial charge is 0.493 e. The summed E-state index contributed by atoms with van der Waals surface area (Å²) < 4.78 is 5.70. The number of para-hydroxylation sites is 1. The number of nitrogens with two attached hydrogens (primary N) is 1. The third kappa shape index (κ3) is 6.15. The van der Waals surface area contributed by atoms with E-state index in [4.69, 9.17) is 10.5 Å². The van der Waals surface area contributed by atoms with Gasteiger partial charge >= 0.3 is 0 Å². The Hall–Kier alpha value is -2.47. The van der Waals surface area contributed by atoms with E-state index in [0.29, 0.717) is 23.6 Å². The average molecular weight is 358 g/mol. The molecule has 0 aliphatic heterocycles. The summed E-state index contributed by atoms with van der Waals surface area (Å²) in [5.41, 5.74) is 8.36. The Labute approximate surface area is 151 Å². The van der Waals surface area contributed by atoms with Crippen molar-refractivity contribution in [3.63, 3.8) is 0 Å². The van der Waals surface area contributed by atoms with Gasteiger partial charge in [0.25, 0.3) is 5.91 Å². The minimum atomic E-state index is -0.564. The van der Waals surface area contributed by atoms with E-state index in [1.165, 1.54) is 11.8 Å². The van der Waals surface area contributed by atoms with Gasteiger partial charge in [-0.05, 0) is 49.2 Å². The number of amides is 2. The van der Waals surface area contributed by atoms with Crippen LogP contribution in [0.15, 0.2) is 42.5 Å². The van der Waals surface area contributed by atoms with Crippen LogP contribution >= 0.6 is 11.8 Å². The molecular formula is C19H22N2O3S. The first-order valence-corrected chi connectivity index (χ1v) is 9.08. The Balaban J connectivity index is 1.73. The Morgan fingerprint density at radius 2 is 1.80 bits per heavy atom. The van der Waals surface area contributed by atoms with Crippen molar-refractivity contribution in [2.75, 3.05) is 23.4 Å². The lowest BCUT2D eigenvalue weighted by atomic mass is 10.1. The second-order valence-electron chi connectivity index (χ2n) is 5.68. The number of aryl methyl sites for hydroxylation is 2. The average Bonchev–Trinajstić information content (AvgIpc) is 2.54. The highest BCUT2D eigenvalue weighted by atomic mass is 32.2.